The maximum absolute atomic E-state index is 11.7. The normalized spacial score (nSPS) is 9.94. The second-order valence-electron chi connectivity index (χ2n) is 3.69. The van der Waals surface area contributed by atoms with Gasteiger partial charge in [0.25, 0.3) is 0 Å². The van der Waals surface area contributed by atoms with Crippen LogP contribution in [-0.2, 0) is 26.0 Å². The zero-order valence-electron chi connectivity index (χ0n) is 10.4. The van der Waals surface area contributed by atoms with E-state index in [4.69, 9.17) is 4.74 Å². The van der Waals surface area contributed by atoms with Crippen LogP contribution in [0.1, 0.15) is 27.9 Å². The molecule has 0 amide bonds. The Morgan fingerprint density at radius 1 is 1.22 bits per heavy atom. The molecule has 0 unspecified atom stereocenters. The smallest absolute Gasteiger partial charge is 0.338 e. The molecule has 0 N–H and O–H groups in total. The Morgan fingerprint density at radius 3 is 2.50 bits per heavy atom. The van der Waals surface area contributed by atoms with Gasteiger partial charge in [0, 0.05) is 11.8 Å². The highest BCUT2D eigenvalue weighted by Gasteiger charge is 2.13. The van der Waals surface area contributed by atoms with E-state index >= 15 is 0 Å². The van der Waals surface area contributed by atoms with Crippen LogP contribution in [0.25, 0.3) is 0 Å². The topological polar surface area (TPSA) is 52.6 Å². The van der Waals surface area contributed by atoms with Gasteiger partial charge in [-0.15, -0.1) is 0 Å². The average molecular weight is 315 g/mol. The molecule has 98 valence electrons. The summed E-state index contributed by atoms with van der Waals surface area (Å²) in [4.78, 5) is 22.8. The summed E-state index contributed by atoms with van der Waals surface area (Å²) in [6.45, 7) is 0. The number of halogens is 1. The largest absolute Gasteiger partial charge is 0.469 e. The van der Waals surface area contributed by atoms with E-state index in [9.17, 15) is 9.59 Å². The first kappa shape index (κ1) is 14.7. The Balaban J connectivity index is 2.95. The first-order valence-electron chi connectivity index (χ1n) is 5.45. The quantitative estimate of drug-likeness (QED) is 0.619. The Kier molecular flexibility index (Phi) is 5.85. The Labute approximate surface area is 114 Å². The summed E-state index contributed by atoms with van der Waals surface area (Å²) in [5.41, 5.74) is 2.27. The van der Waals surface area contributed by atoms with E-state index in [1.165, 1.54) is 14.2 Å². The lowest BCUT2D eigenvalue weighted by molar-refractivity contribution is -0.140. The third-order valence-electron chi connectivity index (χ3n) is 2.56. The van der Waals surface area contributed by atoms with Crippen LogP contribution in [0, 0.1) is 0 Å². The first-order chi connectivity index (χ1) is 8.62. The van der Waals surface area contributed by atoms with E-state index in [-0.39, 0.29) is 12.4 Å². The molecule has 0 fully saturated rings. The molecular formula is C13H15BrO4. The van der Waals surface area contributed by atoms with E-state index in [0.717, 1.165) is 11.1 Å². The summed E-state index contributed by atoms with van der Waals surface area (Å²) >= 11 is 3.33. The van der Waals surface area contributed by atoms with Crippen molar-refractivity contribution in [2.24, 2.45) is 0 Å². The second kappa shape index (κ2) is 7.16. The van der Waals surface area contributed by atoms with Gasteiger partial charge < -0.3 is 9.47 Å². The van der Waals surface area contributed by atoms with Gasteiger partial charge in [0.1, 0.15) is 0 Å². The van der Waals surface area contributed by atoms with Crippen LogP contribution in [0.4, 0.5) is 0 Å². The molecule has 0 atom stereocenters. The molecule has 0 heterocycles. The lowest BCUT2D eigenvalue weighted by Gasteiger charge is -2.09. The van der Waals surface area contributed by atoms with Crippen molar-refractivity contribution in [3.63, 3.8) is 0 Å². The van der Waals surface area contributed by atoms with Crippen LogP contribution in [0.15, 0.2) is 18.2 Å². The molecule has 0 saturated carbocycles. The zero-order valence-corrected chi connectivity index (χ0v) is 12.0. The summed E-state index contributed by atoms with van der Waals surface area (Å²) in [6, 6.07) is 5.52. The minimum absolute atomic E-state index is 0.244. The summed E-state index contributed by atoms with van der Waals surface area (Å²) < 4.78 is 9.32. The number of methoxy groups -OCH3 is 2. The highest BCUT2D eigenvalue weighted by molar-refractivity contribution is 9.08. The van der Waals surface area contributed by atoms with E-state index in [1.54, 1.807) is 6.07 Å². The number of hydrogen-bond donors (Lipinski definition) is 0. The standard InChI is InChI=1S/C13H15BrO4/c1-17-12(15)6-5-10-4-3-9(8-14)7-11(10)13(16)18-2/h3-4,7H,5-6,8H2,1-2H3. The zero-order chi connectivity index (χ0) is 13.5. The van der Waals surface area contributed by atoms with Crippen molar-refractivity contribution in [3.8, 4) is 0 Å². The summed E-state index contributed by atoms with van der Waals surface area (Å²) in [5, 5.41) is 0.661. The molecule has 4 nitrogen and oxygen atoms in total. The number of carbonyl (C=O) groups excluding carboxylic acids is 2. The maximum Gasteiger partial charge on any atom is 0.338 e. The van der Waals surface area contributed by atoms with E-state index in [2.05, 4.69) is 20.7 Å². The molecule has 0 spiro atoms. The van der Waals surface area contributed by atoms with Crippen LogP contribution >= 0.6 is 15.9 Å². The van der Waals surface area contributed by atoms with Gasteiger partial charge in [-0.3, -0.25) is 4.79 Å². The number of carbonyl (C=O) groups is 2. The molecule has 0 radical (unpaired) electrons. The van der Waals surface area contributed by atoms with Gasteiger partial charge in [0.2, 0.25) is 0 Å². The SMILES string of the molecule is COC(=O)CCc1ccc(CBr)cc1C(=O)OC. The highest BCUT2D eigenvalue weighted by Crippen LogP contribution is 2.17. The van der Waals surface area contributed by atoms with Crippen LogP contribution in [-0.4, -0.2) is 26.2 Å². The average Bonchev–Trinajstić information content (AvgIpc) is 2.43. The highest BCUT2D eigenvalue weighted by atomic mass is 79.9. The molecular weight excluding hydrogens is 300 g/mol. The Morgan fingerprint density at radius 2 is 1.94 bits per heavy atom. The van der Waals surface area contributed by atoms with Gasteiger partial charge >= 0.3 is 11.9 Å². The van der Waals surface area contributed by atoms with Crippen molar-refractivity contribution < 1.29 is 19.1 Å². The molecule has 5 heteroatoms. The third-order valence-corrected chi connectivity index (χ3v) is 3.21. The molecule has 18 heavy (non-hydrogen) atoms. The minimum Gasteiger partial charge on any atom is -0.469 e. The Bertz CT molecular complexity index is 443. The Hall–Kier alpha value is -1.36. The molecule has 0 aliphatic heterocycles. The maximum atomic E-state index is 11.7. The van der Waals surface area contributed by atoms with Gasteiger partial charge in [0.05, 0.1) is 19.8 Å². The fourth-order valence-electron chi connectivity index (χ4n) is 1.56. The van der Waals surface area contributed by atoms with Crippen LogP contribution in [0.5, 0.6) is 0 Å². The number of ether oxygens (including phenoxy) is 2. The minimum atomic E-state index is -0.391. The van der Waals surface area contributed by atoms with Crippen LogP contribution in [0.3, 0.4) is 0 Å². The summed E-state index contributed by atoms with van der Waals surface area (Å²) in [7, 11) is 2.69. The lowest BCUT2D eigenvalue weighted by Crippen LogP contribution is -2.09. The van der Waals surface area contributed by atoms with Crippen LogP contribution in [0.2, 0.25) is 0 Å². The number of benzene rings is 1. The van der Waals surface area contributed by atoms with Gasteiger partial charge in [-0.05, 0) is 23.6 Å². The van der Waals surface area contributed by atoms with Crippen molar-refractivity contribution in [3.05, 3.63) is 34.9 Å². The molecule has 0 aliphatic rings. The van der Waals surface area contributed by atoms with Crippen LogP contribution < -0.4 is 0 Å². The van der Waals surface area contributed by atoms with Crippen molar-refractivity contribution in [1.29, 1.82) is 0 Å². The van der Waals surface area contributed by atoms with E-state index < -0.39 is 5.97 Å². The van der Waals surface area contributed by atoms with Gasteiger partial charge in [0.15, 0.2) is 0 Å². The van der Waals surface area contributed by atoms with Gasteiger partial charge in [-0.2, -0.15) is 0 Å². The van der Waals surface area contributed by atoms with E-state index in [0.29, 0.717) is 17.3 Å². The predicted octanol–water partition coefficient (Wildman–Crippen LogP) is 2.47. The van der Waals surface area contributed by atoms with E-state index in [1.807, 2.05) is 12.1 Å². The van der Waals surface area contributed by atoms with Crippen molar-refractivity contribution in [2.45, 2.75) is 18.2 Å². The lowest BCUT2D eigenvalue weighted by atomic mass is 10.0. The van der Waals surface area contributed by atoms with Crippen molar-refractivity contribution in [1.82, 2.24) is 0 Å². The third kappa shape index (κ3) is 3.84. The molecule has 1 rings (SSSR count). The first-order valence-corrected chi connectivity index (χ1v) is 6.57. The number of rotatable bonds is 5. The summed E-state index contributed by atoms with van der Waals surface area (Å²) in [6.07, 6.45) is 0.702. The summed E-state index contributed by atoms with van der Waals surface area (Å²) in [5.74, 6) is -0.687. The predicted molar refractivity (Wildman–Crippen MR) is 70.7 cm³/mol. The number of aryl methyl sites for hydroxylation is 1. The van der Waals surface area contributed by atoms with Crippen molar-refractivity contribution in [2.75, 3.05) is 14.2 Å². The molecule has 0 aromatic heterocycles. The number of hydrogen-bond acceptors (Lipinski definition) is 4. The number of esters is 2. The fraction of sp³-hybridized carbons (Fsp3) is 0.385. The molecule has 0 bridgehead atoms. The van der Waals surface area contributed by atoms with Crippen molar-refractivity contribution >= 4 is 27.9 Å². The molecule has 0 aliphatic carbocycles. The molecule has 1 aromatic rings. The molecule has 0 saturated heterocycles. The molecule has 1 aromatic carbocycles. The monoisotopic (exact) mass is 314 g/mol. The van der Waals surface area contributed by atoms with Gasteiger partial charge in [-0.25, -0.2) is 4.79 Å². The van der Waals surface area contributed by atoms with Gasteiger partial charge in [-0.1, -0.05) is 28.1 Å². The fourth-order valence-corrected chi connectivity index (χ4v) is 1.91. The number of alkyl halides is 1. The second-order valence-corrected chi connectivity index (χ2v) is 4.25.